The lowest BCUT2D eigenvalue weighted by molar-refractivity contribution is -0.460. The van der Waals surface area contributed by atoms with Crippen LogP contribution in [-0.4, -0.2) is 36.5 Å². The van der Waals surface area contributed by atoms with Crippen molar-refractivity contribution in [2.75, 3.05) is 6.54 Å². The Balaban J connectivity index is 0.000000980. The standard InChI is InChI=1S/C9H13NO3.ClH/c1-10-4-6-5-2-9(12)13-8(5)3-7(6)11;/h5-8,11H,1-4H2;1H. The van der Waals surface area contributed by atoms with Crippen LogP contribution in [0.5, 0.6) is 0 Å². The molecule has 4 nitrogen and oxygen atoms in total. The molecule has 2 aliphatic rings. The fourth-order valence-corrected chi connectivity index (χ4v) is 2.43. The van der Waals surface area contributed by atoms with Crippen molar-refractivity contribution >= 4 is 12.7 Å². The van der Waals surface area contributed by atoms with Gasteiger partial charge in [-0.05, 0) is 0 Å². The second kappa shape index (κ2) is 4.28. The van der Waals surface area contributed by atoms with E-state index in [0.29, 0.717) is 19.4 Å². The first-order valence-corrected chi connectivity index (χ1v) is 4.60. The largest absolute Gasteiger partial charge is 1.00 e. The SMILES string of the molecule is C=[NH+]CC1C(O)CC2OC(=O)CC21.[Cl-]. The van der Waals surface area contributed by atoms with E-state index in [2.05, 4.69) is 11.7 Å². The molecule has 0 radical (unpaired) electrons. The normalized spacial score (nSPS) is 39.9. The lowest BCUT2D eigenvalue weighted by Crippen LogP contribution is -3.00. The second-order valence-corrected chi connectivity index (χ2v) is 3.82. The van der Waals surface area contributed by atoms with Crippen molar-refractivity contribution in [1.82, 2.24) is 0 Å². The zero-order chi connectivity index (χ0) is 9.42. The number of hydrogen-bond donors (Lipinski definition) is 2. The fraction of sp³-hybridized carbons (Fsp3) is 0.778. The van der Waals surface area contributed by atoms with E-state index in [4.69, 9.17) is 4.74 Å². The second-order valence-electron chi connectivity index (χ2n) is 3.82. The molecule has 4 unspecified atom stereocenters. The summed E-state index contributed by atoms with van der Waals surface area (Å²) in [6.07, 6.45) is 0.634. The molecule has 2 rings (SSSR count). The van der Waals surface area contributed by atoms with Crippen molar-refractivity contribution in [3.63, 3.8) is 0 Å². The minimum atomic E-state index is -0.350. The Bertz CT molecular complexity index is 246. The molecule has 14 heavy (non-hydrogen) atoms. The lowest BCUT2D eigenvalue weighted by Gasteiger charge is -2.12. The summed E-state index contributed by atoms with van der Waals surface area (Å²) in [7, 11) is 0. The highest BCUT2D eigenvalue weighted by Crippen LogP contribution is 2.40. The van der Waals surface area contributed by atoms with E-state index in [9.17, 15) is 9.90 Å². The number of aliphatic hydroxyl groups excluding tert-OH is 1. The van der Waals surface area contributed by atoms with Crippen LogP contribution in [0.4, 0.5) is 0 Å². The Morgan fingerprint density at radius 3 is 3.00 bits per heavy atom. The van der Waals surface area contributed by atoms with E-state index >= 15 is 0 Å². The highest BCUT2D eigenvalue weighted by atomic mass is 35.5. The minimum Gasteiger partial charge on any atom is -1.00 e. The summed E-state index contributed by atoms with van der Waals surface area (Å²) in [6, 6.07) is 0. The third-order valence-corrected chi connectivity index (χ3v) is 3.06. The molecular formula is C9H14ClNO3. The molecule has 2 fully saturated rings. The van der Waals surface area contributed by atoms with Crippen LogP contribution in [-0.2, 0) is 9.53 Å². The van der Waals surface area contributed by atoms with E-state index in [1.807, 2.05) is 0 Å². The summed E-state index contributed by atoms with van der Waals surface area (Å²) in [5.74, 6) is 0.182. The van der Waals surface area contributed by atoms with Gasteiger partial charge in [-0.25, -0.2) is 0 Å². The lowest BCUT2D eigenvalue weighted by atomic mass is 9.92. The summed E-state index contributed by atoms with van der Waals surface area (Å²) >= 11 is 0. The average molecular weight is 220 g/mol. The van der Waals surface area contributed by atoms with Crippen LogP contribution in [0.2, 0.25) is 0 Å². The molecule has 1 heterocycles. The molecule has 5 heteroatoms. The van der Waals surface area contributed by atoms with Gasteiger partial charge in [0.15, 0.2) is 0 Å². The molecular weight excluding hydrogens is 206 g/mol. The van der Waals surface area contributed by atoms with Crippen LogP contribution in [0, 0.1) is 11.8 Å². The summed E-state index contributed by atoms with van der Waals surface area (Å²) in [4.78, 5) is 13.8. The zero-order valence-corrected chi connectivity index (χ0v) is 8.54. The maximum Gasteiger partial charge on any atom is 0.306 e. The molecule has 1 aliphatic carbocycles. The van der Waals surface area contributed by atoms with Crippen molar-refractivity contribution in [3.8, 4) is 0 Å². The monoisotopic (exact) mass is 219 g/mol. The van der Waals surface area contributed by atoms with Crippen LogP contribution in [0.25, 0.3) is 0 Å². The first-order valence-electron chi connectivity index (χ1n) is 4.60. The molecule has 80 valence electrons. The number of carbonyl (C=O) groups excluding carboxylic acids is 1. The average Bonchev–Trinajstić information content (AvgIpc) is 2.52. The number of rotatable bonds is 2. The number of nitrogens with one attached hydrogen (secondary N) is 1. The molecule has 4 atom stereocenters. The topological polar surface area (TPSA) is 60.5 Å². The molecule has 1 saturated carbocycles. The molecule has 0 spiro atoms. The molecule has 0 aromatic heterocycles. The van der Waals surface area contributed by atoms with Crippen LogP contribution >= 0.6 is 0 Å². The summed E-state index contributed by atoms with van der Waals surface area (Å²) in [6.45, 7) is 4.18. The Hall–Kier alpha value is -0.610. The van der Waals surface area contributed by atoms with E-state index < -0.39 is 0 Å². The first kappa shape index (κ1) is 11.5. The van der Waals surface area contributed by atoms with Crippen molar-refractivity contribution in [2.45, 2.75) is 25.0 Å². The van der Waals surface area contributed by atoms with E-state index in [-0.39, 0.29) is 42.4 Å². The highest BCUT2D eigenvalue weighted by molar-refractivity contribution is 5.72. The van der Waals surface area contributed by atoms with Crippen LogP contribution < -0.4 is 17.4 Å². The minimum absolute atomic E-state index is 0. The number of halogens is 1. The molecule has 0 aromatic carbocycles. The van der Waals surface area contributed by atoms with E-state index in [1.54, 1.807) is 0 Å². The Morgan fingerprint density at radius 2 is 2.36 bits per heavy atom. The molecule has 1 aliphatic heterocycles. The van der Waals surface area contributed by atoms with Gasteiger partial charge in [-0.3, -0.25) is 9.79 Å². The van der Waals surface area contributed by atoms with Crippen LogP contribution in [0.15, 0.2) is 0 Å². The zero-order valence-electron chi connectivity index (χ0n) is 7.78. The van der Waals surface area contributed by atoms with Crippen LogP contribution in [0.1, 0.15) is 12.8 Å². The molecule has 1 saturated heterocycles. The van der Waals surface area contributed by atoms with Crippen LogP contribution in [0.3, 0.4) is 0 Å². The van der Waals surface area contributed by atoms with Gasteiger partial charge in [0.05, 0.1) is 18.4 Å². The van der Waals surface area contributed by atoms with Gasteiger partial charge in [0.1, 0.15) is 19.4 Å². The fourth-order valence-electron chi connectivity index (χ4n) is 2.43. The molecule has 0 bridgehead atoms. The Kier molecular flexibility index (Phi) is 3.50. The summed E-state index contributed by atoms with van der Waals surface area (Å²) < 4.78 is 5.09. The maximum absolute atomic E-state index is 11.0. The van der Waals surface area contributed by atoms with Gasteiger partial charge in [0, 0.05) is 12.3 Å². The van der Waals surface area contributed by atoms with Crippen molar-refractivity contribution in [1.29, 1.82) is 0 Å². The number of esters is 1. The van der Waals surface area contributed by atoms with E-state index in [0.717, 1.165) is 0 Å². The first-order chi connectivity index (χ1) is 6.22. The molecule has 0 aromatic rings. The Labute approximate surface area is 88.8 Å². The Morgan fingerprint density at radius 1 is 1.64 bits per heavy atom. The van der Waals surface area contributed by atoms with Crippen molar-refractivity contribution in [3.05, 3.63) is 0 Å². The quantitative estimate of drug-likeness (QED) is 0.362. The number of aliphatic hydroxyl groups is 1. The molecule has 2 N–H and O–H groups in total. The van der Waals surface area contributed by atoms with Gasteiger partial charge >= 0.3 is 5.97 Å². The van der Waals surface area contributed by atoms with Gasteiger partial charge in [-0.15, -0.1) is 0 Å². The van der Waals surface area contributed by atoms with Crippen molar-refractivity contribution in [2.24, 2.45) is 11.8 Å². The predicted molar refractivity (Wildman–Crippen MR) is 45.1 cm³/mol. The van der Waals surface area contributed by atoms with Crippen molar-refractivity contribution < 1.29 is 32.0 Å². The third-order valence-electron chi connectivity index (χ3n) is 3.06. The number of hydrogen-bond acceptors (Lipinski definition) is 3. The predicted octanol–water partition coefficient (Wildman–Crippen LogP) is -4.92. The third kappa shape index (κ3) is 1.77. The van der Waals surface area contributed by atoms with Gasteiger partial charge in [0.25, 0.3) is 0 Å². The number of carbonyl (C=O) groups is 1. The molecule has 0 amide bonds. The van der Waals surface area contributed by atoms with Gasteiger partial charge < -0.3 is 22.3 Å². The van der Waals surface area contributed by atoms with Gasteiger partial charge in [-0.2, -0.15) is 0 Å². The smallest absolute Gasteiger partial charge is 0.306 e. The van der Waals surface area contributed by atoms with Gasteiger partial charge in [-0.1, -0.05) is 0 Å². The van der Waals surface area contributed by atoms with Gasteiger partial charge in [0.2, 0.25) is 0 Å². The summed E-state index contributed by atoms with van der Waals surface area (Å²) in [5, 5.41) is 9.65. The number of fused-ring (bicyclic) bond motifs is 1. The van der Waals surface area contributed by atoms with E-state index in [1.165, 1.54) is 0 Å². The maximum atomic E-state index is 11.0. The highest BCUT2D eigenvalue weighted by Gasteiger charge is 2.50. The number of ether oxygens (including phenoxy) is 1. The summed E-state index contributed by atoms with van der Waals surface area (Å²) in [5.41, 5.74) is 0.